The minimum Gasteiger partial charge on any atom is -0.478 e. The fourth-order valence-corrected chi connectivity index (χ4v) is 3.15. The lowest BCUT2D eigenvalue weighted by molar-refractivity contribution is 0.0697. The number of carboxylic acids is 1. The van der Waals surface area contributed by atoms with Crippen molar-refractivity contribution in [1.82, 2.24) is 4.98 Å². The molecule has 1 aromatic rings. The second-order valence-corrected chi connectivity index (χ2v) is 5.44. The molecule has 92 valence electrons. The molecule has 1 saturated heterocycles. The summed E-state index contributed by atoms with van der Waals surface area (Å²) in [6.07, 6.45) is 2.76. The maximum atomic E-state index is 11.1. The normalized spacial score (nSPS) is 20.3. The van der Waals surface area contributed by atoms with Crippen molar-refractivity contribution >= 4 is 23.5 Å². The van der Waals surface area contributed by atoms with E-state index in [9.17, 15) is 4.79 Å². The molecule has 1 fully saturated rings. The van der Waals surface area contributed by atoms with Crippen LogP contribution in [0.3, 0.4) is 0 Å². The first-order valence-corrected chi connectivity index (χ1v) is 6.82. The van der Waals surface area contributed by atoms with E-state index < -0.39 is 5.97 Å². The summed E-state index contributed by atoms with van der Waals surface area (Å²) < 4.78 is 0. The van der Waals surface area contributed by atoms with Crippen molar-refractivity contribution in [3.05, 3.63) is 23.9 Å². The highest BCUT2D eigenvalue weighted by Crippen LogP contribution is 2.26. The van der Waals surface area contributed by atoms with Crippen molar-refractivity contribution < 1.29 is 9.90 Å². The van der Waals surface area contributed by atoms with Gasteiger partial charge in [0.2, 0.25) is 0 Å². The second kappa shape index (κ2) is 5.40. The number of pyridine rings is 1. The molecule has 1 aliphatic heterocycles. The zero-order valence-electron chi connectivity index (χ0n) is 9.80. The van der Waals surface area contributed by atoms with Gasteiger partial charge in [0.1, 0.15) is 11.4 Å². The molecule has 5 heteroatoms. The maximum Gasteiger partial charge on any atom is 0.339 e. The number of aromatic nitrogens is 1. The summed E-state index contributed by atoms with van der Waals surface area (Å²) in [4.78, 5) is 17.5. The first kappa shape index (κ1) is 12.2. The summed E-state index contributed by atoms with van der Waals surface area (Å²) >= 11 is 1.96. The average molecular weight is 252 g/mol. The van der Waals surface area contributed by atoms with E-state index in [-0.39, 0.29) is 0 Å². The van der Waals surface area contributed by atoms with E-state index >= 15 is 0 Å². The molecule has 2 heterocycles. The predicted octanol–water partition coefficient (Wildman–Crippen LogP) is 2.11. The molecule has 0 aliphatic carbocycles. The molecule has 2 rings (SSSR count). The molecular formula is C12H16N2O2S. The number of nitrogens with zero attached hydrogens (tertiary/aromatic N) is 2. The van der Waals surface area contributed by atoms with Crippen LogP contribution in [-0.4, -0.2) is 40.2 Å². The van der Waals surface area contributed by atoms with Gasteiger partial charge in [0.25, 0.3) is 0 Å². The number of thioether (sulfide) groups is 1. The summed E-state index contributed by atoms with van der Waals surface area (Å²) in [5, 5.41) is 9.72. The highest BCUT2D eigenvalue weighted by Gasteiger charge is 2.23. The monoisotopic (exact) mass is 252 g/mol. The van der Waals surface area contributed by atoms with Crippen LogP contribution in [0.5, 0.6) is 0 Å². The Kier molecular flexibility index (Phi) is 3.89. The van der Waals surface area contributed by atoms with Crippen LogP contribution < -0.4 is 4.90 Å². The largest absolute Gasteiger partial charge is 0.478 e. The number of hydrogen-bond acceptors (Lipinski definition) is 4. The lowest BCUT2D eigenvalue weighted by Gasteiger charge is -2.33. The Labute approximate surface area is 105 Å². The van der Waals surface area contributed by atoms with Crippen molar-refractivity contribution in [3.63, 3.8) is 0 Å². The highest BCUT2D eigenvalue weighted by molar-refractivity contribution is 8.00. The van der Waals surface area contributed by atoms with Gasteiger partial charge in [0, 0.05) is 30.3 Å². The van der Waals surface area contributed by atoms with Gasteiger partial charge in [0.05, 0.1) is 0 Å². The molecular weight excluding hydrogens is 236 g/mol. The first-order chi connectivity index (χ1) is 8.22. The van der Waals surface area contributed by atoms with Gasteiger partial charge in [-0.1, -0.05) is 6.92 Å². The highest BCUT2D eigenvalue weighted by atomic mass is 32.2. The van der Waals surface area contributed by atoms with E-state index in [2.05, 4.69) is 16.8 Å². The number of rotatable bonds is 3. The van der Waals surface area contributed by atoms with Crippen LogP contribution in [0.4, 0.5) is 5.82 Å². The van der Waals surface area contributed by atoms with Gasteiger partial charge in [-0.05, 0) is 18.6 Å². The van der Waals surface area contributed by atoms with Crippen molar-refractivity contribution in [2.75, 3.05) is 23.7 Å². The summed E-state index contributed by atoms with van der Waals surface area (Å²) in [6, 6.07) is 3.29. The topological polar surface area (TPSA) is 53.4 Å². The van der Waals surface area contributed by atoms with Crippen LogP contribution >= 0.6 is 11.8 Å². The van der Waals surface area contributed by atoms with Gasteiger partial charge in [-0.15, -0.1) is 0 Å². The molecule has 1 unspecified atom stereocenters. The van der Waals surface area contributed by atoms with Gasteiger partial charge < -0.3 is 10.0 Å². The van der Waals surface area contributed by atoms with E-state index in [1.807, 2.05) is 11.8 Å². The molecule has 17 heavy (non-hydrogen) atoms. The number of carbonyl (C=O) groups is 1. The number of aromatic carboxylic acids is 1. The van der Waals surface area contributed by atoms with E-state index in [0.717, 1.165) is 25.3 Å². The molecule has 0 aromatic carbocycles. The minimum atomic E-state index is -0.903. The van der Waals surface area contributed by atoms with Crippen LogP contribution in [0.25, 0.3) is 0 Å². The molecule has 1 aliphatic rings. The quantitative estimate of drug-likeness (QED) is 0.893. The predicted molar refractivity (Wildman–Crippen MR) is 69.9 cm³/mol. The molecule has 0 bridgehead atoms. The van der Waals surface area contributed by atoms with E-state index in [0.29, 0.717) is 16.6 Å². The summed E-state index contributed by atoms with van der Waals surface area (Å²) in [6.45, 7) is 3.93. The van der Waals surface area contributed by atoms with Crippen LogP contribution in [0.2, 0.25) is 0 Å². The summed E-state index contributed by atoms with van der Waals surface area (Å²) in [5.74, 6) is 0.742. The average Bonchev–Trinajstić information content (AvgIpc) is 2.39. The van der Waals surface area contributed by atoms with Crippen molar-refractivity contribution in [3.8, 4) is 0 Å². The van der Waals surface area contributed by atoms with Crippen molar-refractivity contribution in [1.29, 1.82) is 0 Å². The third-order valence-corrected chi connectivity index (χ3v) is 4.28. The van der Waals surface area contributed by atoms with Gasteiger partial charge >= 0.3 is 5.97 Å². The Morgan fingerprint density at radius 3 is 3.24 bits per heavy atom. The zero-order chi connectivity index (χ0) is 12.3. The molecule has 4 nitrogen and oxygen atoms in total. The number of hydrogen-bond donors (Lipinski definition) is 1. The molecule has 0 amide bonds. The molecule has 1 aromatic heterocycles. The van der Waals surface area contributed by atoms with Gasteiger partial charge in [-0.2, -0.15) is 11.8 Å². The summed E-state index contributed by atoms with van der Waals surface area (Å²) in [7, 11) is 0. The lowest BCUT2D eigenvalue weighted by atomic mass is 10.2. The molecule has 0 radical (unpaired) electrons. The summed E-state index contributed by atoms with van der Waals surface area (Å²) in [5.41, 5.74) is 0.300. The van der Waals surface area contributed by atoms with Crippen molar-refractivity contribution in [2.24, 2.45) is 0 Å². The van der Waals surface area contributed by atoms with E-state index in [1.54, 1.807) is 18.3 Å². The SMILES string of the molecule is CCC1CN(c2ncccc2C(=O)O)CCS1. The Hall–Kier alpha value is -1.23. The van der Waals surface area contributed by atoms with Crippen LogP contribution in [0.15, 0.2) is 18.3 Å². The lowest BCUT2D eigenvalue weighted by Crippen LogP contribution is -2.39. The Bertz CT molecular complexity index is 411. The van der Waals surface area contributed by atoms with Gasteiger partial charge in [0.15, 0.2) is 0 Å². The van der Waals surface area contributed by atoms with Crippen molar-refractivity contribution in [2.45, 2.75) is 18.6 Å². The van der Waals surface area contributed by atoms with Crippen LogP contribution in [0, 0.1) is 0 Å². The first-order valence-electron chi connectivity index (χ1n) is 5.77. The van der Waals surface area contributed by atoms with Gasteiger partial charge in [-0.3, -0.25) is 0 Å². The molecule has 1 atom stereocenters. The maximum absolute atomic E-state index is 11.1. The van der Waals surface area contributed by atoms with Crippen LogP contribution in [0.1, 0.15) is 23.7 Å². The third kappa shape index (κ3) is 2.72. The molecule has 0 saturated carbocycles. The van der Waals surface area contributed by atoms with Gasteiger partial charge in [-0.25, -0.2) is 9.78 Å². The Morgan fingerprint density at radius 1 is 1.71 bits per heavy atom. The Morgan fingerprint density at radius 2 is 2.53 bits per heavy atom. The molecule has 0 spiro atoms. The van der Waals surface area contributed by atoms with Crippen LogP contribution in [-0.2, 0) is 0 Å². The van der Waals surface area contributed by atoms with E-state index in [1.165, 1.54) is 0 Å². The Balaban J connectivity index is 2.24. The number of carboxylic acid groups (broad SMARTS) is 1. The fourth-order valence-electron chi connectivity index (χ4n) is 1.97. The zero-order valence-corrected chi connectivity index (χ0v) is 10.6. The molecule has 1 N–H and O–H groups in total. The third-order valence-electron chi connectivity index (χ3n) is 2.91. The fraction of sp³-hybridized carbons (Fsp3) is 0.500. The smallest absolute Gasteiger partial charge is 0.339 e. The standard InChI is InChI=1S/C12H16N2O2S/c1-2-9-8-14(6-7-17-9)11-10(12(15)16)4-3-5-13-11/h3-5,9H,2,6-8H2,1H3,(H,15,16). The number of anilines is 1. The minimum absolute atomic E-state index is 0.300. The van der Waals surface area contributed by atoms with E-state index in [4.69, 9.17) is 5.11 Å². The second-order valence-electron chi connectivity index (χ2n) is 4.03.